The average molecular weight is 355 g/mol. The third kappa shape index (κ3) is 3.91. The van der Waals surface area contributed by atoms with Crippen LogP contribution in [0, 0.1) is 10.1 Å². The van der Waals surface area contributed by atoms with Crippen molar-refractivity contribution in [2.75, 3.05) is 13.2 Å². The summed E-state index contributed by atoms with van der Waals surface area (Å²) in [5.74, 6) is -0.300. The second-order valence-electron chi connectivity index (χ2n) is 7.34. The smallest absolute Gasteiger partial charge is 0.311 e. The molecule has 6 heteroatoms. The highest BCUT2D eigenvalue weighted by Crippen LogP contribution is 2.34. The monoisotopic (exact) mass is 355 g/mol. The van der Waals surface area contributed by atoms with E-state index < -0.39 is 4.92 Å². The summed E-state index contributed by atoms with van der Waals surface area (Å²) in [6.07, 6.45) is -0.0676. The van der Waals surface area contributed by atoms with E-state index in [0.29, 0.717) is 12.2 Å². The minimum Gasteiger partial charge on any atom is -0.483 e. The molecule has 0 radical (unpaired) electrons. The van der Waals surface area contributed by atoms with E-state index in [1.807, 2.05) is 18.2 Å². The van der Waals surface area contributed by atoms with Crippen molar-refractivity contribution in [3.05, 3.63) is 69.3 Å². The van der Waals surface area contributed by atoms with Crippen LogP contribution in [-0.4, -0.2) is 30.0 Å². The van der Waals surface area contributed by atoms with Crippen molar-refractivity contribution in [3.63, 3.8) is 0 Å². The number of nitro benzene ring substituents is 1. The number of hydrogen-bond donors (Lipinski definition) is 0. The van der Waals surface area contributed by atoms with Crippen molar-refractivity contribution in [1.82, 2.24) is 0 Å². The van der Waals surface area contributed by atoms with E-state index in [4.69, 9.17) is 9.47 Å². The molecule has 0 aromatic heterocycles. The number of rotatable bonds is 6. The molecule has 0 amide bonds. The standard InChI is InChI=1S/C20H21NO5/c1-20(2,3)14-7-4-6-13(10-14)18(22)16-8-5-9-17(21(23)24)19(16)26-12-15-11-25-15/h4-10,15H,11-12H2,1-3H3. The second-order valence-corrected chi connectivity index (χ2v) is 7.34. The molecular weight excluding hydrogens is 334 g/mol. The van der Waals surface area contributed by atoms with Gasteiger partial charge in [-0.15, -0.1) is 0 Å². The first-order valence-electron chi connectivity index (χ1n) is 8.44. The molecule has 6 nitrogen and oxygen atoms in total. The zero-order chi connectivity index (χ0) is 18.9. The van der Waals surface area contributed by atoms with Gasteiger partial charge in [-0.05, 0) is 23.1 Å². The fourth-order valence-electron chi connectivity index (χ4n) is 2.62. The Morgan fingerprint density at radius 3 is 2.58 bits per heavy atom. The molecule has 26 heavy (non-hydrogen) atoms. The van der Waals surface area contributed by atoms with Crippen LogP contribution >= 0.6 is 0 Å². The number of hydrogen-bond acceptors (Lipinski definition) is 5. The van der Waals surface area contributed by atoms with Crippen LogP contribution in [0.3, 0.4) is 0 Å². The van der Waals surface area contributed by atoms with Gasteiger partial charge in [0.15, 0.2) is 5.78 Å². The minimum absolute atomic E-state index is 0.000776. The highest BCUT2D eigenvalue weighted by Gasteiger charge is 2.29. The average Bonchev–Trinajstić information content (AvgIpc) is 3.42. The van der Waals surface area contributed by atoms with Crippen molar-refractivity contribution >= 4 is 11.5 Å². The van der Waals surface area contributed by atoms with Gasteiger partial charge in [-0.1, -0.05) is 45.0 Å². The van der Waals surface area contributed by atoms with E-state index in [2.05, 4.69) is 20.8 Å². The van der Waals surface area contributed by atoms with Crippen LogP contribution in [0.2, 0.25) is 0 Å². The zero-order valence-corrected chi connectivity index (χ0v) is 15.0. The Labute approximate surface area is 151 Å². The quantitative estimate of drug-likeness (QED) is 0.340. The fraction of sp³-hybridized carbons (Fsp3) is 0.350. The molecule has 2 aromatic carbocycles. The first-order chi connectivity index (χ1) is 12.3. The van der Waals surface area contributed by atoms with Gasteiger partial charge in [-0.2, -0.15) is 0 Å². The molecule has 0 spiro atoms. The second kappa shape index (κ2) is 6.88. The molecule has 1 atom stereocenters. The lowest BCUT2D eigenvalue weighted by atomic mass is 9.85. The van der Waals surface area contributed by atoms with E-state index in [9.17, 15) is 14.9 Å². The maximum absolute atomic E-state index is 13.0. The molecule has 3 rings (SSSR count). The number of carbonyl (C=O) groups excluding carboxylic acids is 1. The number of nitro groups is 1. The molecule has 1 heterocycles. The summed E-state index contributed by atoms with van der Waals surface area (Å²) in [5.41, 5.74) is 1.35. The van der Waals surface area contributed by atoms with Crippen LogP contribution < -0.4 is 4.74 Å². The van der Waals surface area contributed by atoms with Gasteiger partial charge < -0.3 is 9.47 Å². The summed E-state index contributed by atoms with van der Waals surface area (Å²) < 4.78 is 10.7. The Hall–Kier alpha value is -2.73. The van der Waals surface area contributed by atoms with Gasteiger partial charge in [0, 0.05) is 11.6 Å². The van der Waals surface area contributed by atoms with E-state index in [1.165, 1.54) is 12.1 Å². The number of ether oxygens (including phenoxy) is 2. The summed E-state index contributed by atoms with van der Waals surface area (Å²) in [4.78, 5) is 23.9. The highest BCUT2D eigenvalue weighted by atomic mass is 16.6. The predicted molar refractivity (Wildman–Crippen MR) is 96.9 cm³/mol. The molecule has 0 N–H and O–H groups in total. The summed E-state index contributed by atoms with van der Waals surface area (Å²) in [6.45, 7) is 6.95. The Kier molecular flexibility index (Phi) is 4.78. The molecule has 0 bridgehead atoms. The van der Waals surface area contributed by atoms with Crippen LogP contribution in [0.4, 0.5) is 5.69 Å². The SMILES string of the molecule is CC(C)(C)c1cccc(C(=O)c2cccc([N+](=O)[O-])c2OCC2CO2)c1. The maximum atomic E-state index is 13.0. The lowest BCUT2D eigenvalue weighted by Gasteiger charge is -2.19. The molecule has 0 saturated carbocycles. The van der Waals surface area contributed by atoms with Crippen molar-refractivity contribution < 1.29 is 19.2 Å². The Balaban J connectivity index is 2.00. The molecule has 0 aliphatic carbocycles. The van der Waals surface area contributed by atoms with Gasteiger partial charge in [0.25, 0.3) is 0 Å². The lowest BCUT2D eigenvalue weighted by Crippen LogP contribution is -2.14. The first kappa shape index (κ1) is 18.1. The summed E-state index contributed by atoms with van der Waals surface area (Å²) in [6, 6.07) is 11.7. The predicted octanol–water partition coefficient (Wildman–Crippen LogP) is 3.90. The van der Waals surface area contributed by atoms with Crippen molar-refractivity contribution in [2.45, 2.75) is 32.3 Å². The Bertz CT molecular complexity index is 850. The highest BCUT2D eigenvalue weighted by molar-refractivity contribution is 6.11. The first-order valence-corrected chi connectivity index (χ1v) is 8.44. The molecule has 1 fully saturated rings. The molecule has 2 aromatic rings. The molecule has 1 saturated heterocycles. The van der Waals surface area contributed by atoms with Crippen molar-refractivity contribution in [2.24, 2.45) is 0 Å². The largest absolute Gasteiger partial charge is 0.483 e. The van der Waals surface area contributed by atoms with E-state index >= 15 is 0 Å². The van der Waals surface area contributed by atoms with Crippen LogP contribution in [0.1, 0.15) is 42.3 Å². The molecular formula is C20H21NO5. The summed E-state index contributed by atoms with van der Waals surface area (Å²) in [7, 11) is 0. The normalized spacial score (nSPS) is 16.2. The topological polar surface area (TPSA) is 82.0 Å². The zero-order valence-electron chi connectivity index (χ0n) is 15.0. The number of nitrogens with zero attached hydrogens (tertiary/aromatic N) is 1. The number of epoxide rings is 1. The summed E-state index contributed by atoms with van der Waals surface area (Å²) >= 11 is 0. The third-order valence-electron chi connectivity index (χ3n) is 4.24. The fourth-order valence-corrected chi connectivity index (χ4v) is 2.62. The van der Waals surface area contributed by atoms with E-state index in [-0.39, 0.29) is 40.9 Å². The molecule has 1 aliphatic heterocycles. The number of para-hydroxylation sites is 1. The van der Waals surface area contributed by atoms with Crippen molar-refractivity contribution in [1.29, 1.82) is 0 Å². The van der Waals surface area contributed by atoms with Gasteiger partial charge in [0.1, 0.15) is 12.7 Å². The van der Waals surface area contributed by atoms with E-state index in [1.54, 1.807) is 12.1 Å². The number of carbonyl (C=O) groups is 1. The minimum atomic E-state index is -0.536. The summed E-state index contributed by atoms with van der Waals surface area (Å²) in [5, 5.41) is 11.4. The van der Waals surface area contributed by atoms with Gasteiger partial charge >= 0.3 is 5.69 Å². The number of ketones is 1. The third-order valence-corrected chi connectivity index (χ3v) is 4.24. The lowest BCUT2D eigenvalue weighted by molar-refractivity contribution is -0.385. The van der Waals surface area contributed by atoms with E-state index in [0.717, 1.165) is 5.56 Å². The van der Waals surface area contributed by atoms with Gasteiger partial charge in [0.05, 0.1) is 17.1 Å². The molecule has 1 unspecified atom stereocenters. The van der Waals surface area contributed by atoms with Crippen molar-refractivity contribution in [3.8, 4) is 5.75 Å². The van der Waals surface area contributed by atoms with Crippen LogP contribution in [-0.2, 0) is 10.2 Å². The van der Waals surface area contributed by atoms with Gasteiger partial charge in [-0.25, -0.2) is 0 Å². The number of benzene rings is 2. The van der Waals surface area contributed by atoms with Gasteiger partial charge in [0.2, 0.25) is 5.75 Å². The molecule has 1 aliphatic rings. The Morgan fingerprint density at radius 1 is 1.27 bits per heavy atom. The maximum Gasteiger partial charge on any atom is 0.311 e. The Morgan fingerprint density at radius 2 is 1.96 bits per heavy atom. The van der Waals surface area contributed by atoms with Gasteiger partial charge in [-0.3, -0.25) is 14.9 Å². The van der Waals surface area contributed by atoms with Crippen LogP contribution in [0.15, 0.2) is 42.5 Å². The molecule has 136 valence electrons. The van der Waals surface area contributed by atoms with Crippen LogP contribution in [0.5, 0.6) is 5.75 Å². The van der Waals surface area contributed by atoms with Crippen LogP contribution in [0.25, 0.3) is 0 Å².